The third-order valence-electron chi connectivity index (χ3n) is 14.3. The molecule has 0 radical (unpaired) electrons. The van der Waals surface area contributed by atoms with Crippen molar-refractivity contribution < 1.29 is 4.12 Å². The van der Waals surface area contributed by atoms with Gasteiger partial charge in [-0.25, -0.2) is 0 Å². The summed E-state index contributed by atoms with van der Waals surface area (Å²) in [4.78, 5) is 0. The molecule has 59 heavy (non-hydrogen) atoms. The quantitative estimate of drug-likeness (QED) is 0.139. The van der Waals surface area contributed by atoms with Crippen molar-refractivity contribution in [2.24, 2.45) is 11.8 Å². The molecule has 0 saturated heterocycles. The van der Waals surface area contributed by atoms with E-state index in [2.05, 4.69) is 234 Å². The minimum atomic E-state index is -2.50. The van der Waals surface area contributed by atoms with E-state index in [1.54, 1.807) is 0 Å². The Morgan fingerprint density at radius 2 is 1.12 bits per heavy atom. The Morgan fingerprint density at radius 1 is 0.559 bits per heavy atom. The van der Waals surface area contributed by atoms with E-state index < -0.39 is 22.0 Å². The minimum Gasteiger partial charge on any atom is -0.449 e. The molecule has 6 aromatic rings. The standard InChI is InChI=1S/C56H54OSi2/c1-40-21-20-28-44(37-40)55(41-22-10-7-11-23-41)49-30-17-16-29-47(49)48-34-32-45(38-51(48)55)58(3,4)57-59(5,6)46-33-35-50-52(39-46)56(42-24-12-8-13-25-42,43-26-14-9-15-27-43)53-31-18-19-36-54(50,53)2/h7-20,22-40,53H,21H2,1-6H3. The summed E-state index contributed by atoms with van der Waals surface area (Å²) in [6, 6.07) is 57.6. The SMILES string of the molecule is CC1C=C(C2(c3ccccc3)c3ccccc3-c3ccc([Si](C)(C)O[Si](C)(C)c4ccc5c(c4)C(c4ccccc4)(c4ccccc4)C4C=CC=CC54C)cc32)C=CC1. The number of rotatable bonds is 8. The second-order valence-electron chi connectivity index (χ2n) is 18.6. The fourth-order valence-corrected chi connectivity index (χ4v) is 19.7. The second kappa shape index (κ2) is 13.9. The van der Waals surface area contributed by atoms with Gasteiger partial charge in [0, 0.05) is 11.3 Å². The first-order valence-electron chi connectivity index (χ1n) is 21.5. The lowest BCUT2D eigenvalue weighted by Crippen LogP contribution is -2.58. The van der Waals surface area contributed by atoms with Crippen LogP contribution >= 0.6 is 0 Å². The maximum Gasteiger partial charge on any atom is 0.206 e. The van der Waals surface area contributed by atoms with Gasteiger partial charge in [0.25, 0.3) is 0 Å². The van der Waals surface area contributed by atoms with Gasteiger partial charge < -0.3 is 4.12 Å². The van der Waals surface area contributed by atoms with Crippen molar-refractivity contribution in [3.63, 3.8) is 0 Å². The van der Waals surface area contributed by atoms with E-state index in [4.69, 9.17) is 4.12 Å². The summed E-state index contributed by atoms with van der Waals surface area (Å²) in [5.41, 5.74) is 12.7. The Morgan fingerprint density at radius 3 is 1.76 bits per heavy atom. The van der Waals surface area contributed by atoms with Gasteiger partial charge in [-0.2, -0.15) is 0 Å². The average molecular weight is 799 g/mol. The number of benzene rings is 6. The highest BCUT2D eigenvalue weighted by atomic mass is 28.4. The third-order valence-corrected chi connectivity index (χ3v) is 21.8. The summed E-state index contributed by atoms with van der Waals surface area (Å²) in [5, 5.41) is 2.69. The fraction of sp³-hybridized carbons (Fsp3) is 0.214. The average Bonchev–Trinajstić information content (AvgIpc) is 3.69. The number of hydrogen-bond acceptors (Lipinski definition) is 1. The van der Waals surface area contributed by atoms with Crippen LogP contribution in [0.4, 0.5) is 0 Å². The lowest BCUT2D eigenvalue weighted by Gasteiger charge is -2.42. The van der Waals surface area contributed by atoms with Crippen molar-refractivity contribution in [3.8, 4) is 11.1 Å². The predicted octanol–water partition coefficient (Wildman–Crippen LogP) is 12.4. The zero-order chi connectivity index (χ0) is 40.6. The van der Waals surface area contributed by atoms with Crippen LogP contribution in [0.1, 0.15) is 59.2 Å². The van der Waals surface area contributed by atoms with Crippen LogP contribution in [0.15, 0.2) is 200 Å². The molecule has 0 heterocycles. The van der Waals surface area contributed by atoms with Crippen LogP contribution < -0.4 is 10.4 Å². The predicted molar refractivity (Wildman–Crippen MR) is 253 cm³/mol. The van der Waals surface area contributed by atoms with Crippen LogP contribution in [0.25, 0.3) is 11.1 Å². The van der Waals surface area contributed by atoms with Crippen LogP contribution in [0.5, 0.6) is 0 Å². The molecule has 6 aromatic carbocycles. The van der Waals surface area contributed by atoms with Crippen molar-refractivity contribution in [1.82, 2.24) is 0 Å². The third kappa shape index (κ3) is 5.58. The summed E-state index contributed by atoms with van der Waals surface area (Å²) >= 11 is 0. The van der Waals surface area contributed by atoms with Gasteiger partial charge in [-0.3, -0.25) is 0 Å². The second-order valence-corrected chi connectivity index (χ2v) is 26.6. The van der Waals surface area contributed by atoms with E-state index in [-0.39, 0.29) is 16.7 Å². The first-order valence-corrected chi connectivity index (χ1v) is 27.3. The van der Waals surface area contributed by atoms with E-state index in [1.807, 2.05) is 0 Å². The Bertz CT molecular complexity index is 2660. The monoisotopic (exact) mass is 798 g/mol. The molecule has 4 aliphatic carbocycles. The number of fused-ring (bicyclic) bond motifs is 6. The van der Waals surface area contributed by atoms with Gasteiger partial charge in [-0.15, -0.1) is 0 Å². The molecule has 3 heteroatoms. The van der Waals surface area contributed by atoms with E-state index >= 15 is 0 Å². The molecular formula is C56H54OSi2. The molecule has 4 atom stereocenters. The molecule has 0 amide bonds. The summed E-state index contributed by atoms with van der Waals surface area (Å²) < 4.78 is 7.78. The highest BCUT2D eigenvalue weighted by Gasteiger charge is 2.58. The summed E-state index contributed by atoms with van der Waals surface area (Å²) in [7, 11) is -5.01. The number of allylic oxidation sites excluding steroid dienone is 8. The molecule has 4 unspecified atom stereocenters. The normalized spacial score (nSPS) is 23.6. The Labute approximate surface area is 353 Å². The van der Waals surface area contributed by atoms with Gasteiger partial charge in [0.2, 0.25) is 16.6 Å². The first kappa shape index (κ1) is 37.9. The molecule has 292 valence electrons. The number of hydrogen-bond donors (Lipinski definition) is 0. The van der Waals surface area contributed by atoms with Gasteiger partial charge in [0.1, 0.15) is 0 Å². The van der Waals surface area contributed by atoms with Crippen molar-refractivity contribution in [2.75, 3.05) is 0 Å². The summed E-state index contributed by atoms with van der Waals surface area (Å²) in [6.45, 7) is 14.5. The highest BCUT2D eigenvalue weighted by molar-refractivity contribution is 6.96. The highest BCUT2D eigenvalue weighted by Crippen LogP contribution is 2.62. The molecule has 10 rings (SSSR count). The lowest BCUT2D eigenvalue weighted by atomic mass is 9.60. The van der Waals surface area contributed by atoms with Gasteiger partial charge in [-0.1, -0.05) is 208 Å². The molecule has 0 fully saturated rings. The van der Waals surface area contributed by atoms with Crippen LogP contribution in [0.3, 0.4) is 0 Å². The van der Waals surface area contributed by atoms with Crippen LogP contribution in [0, 0.1) is 11.8 Å². The molecule has 0 spiro atoms. The Kier molecular flexibility index (Phi) is 8.92. The summed E-state index contributed by atoms with van der Waals surface area (Å²) in [5.74, 6) is 0.702. The van der Waals surface area contributed by atoms with Gasteiger partial charge in [-0.05, 0) is 105 Å². The van der Waals surface area contributed by atoms with Crippen molar-refractivity contribution in [3.05, 3.63) is 239 Å². The van der Waals surface area contributed by atoms with Crippen LogP contribution in [-0.4, -0.2) is 16.6 Å². The molecule has 0 bridgehead atoms. The van der Waals surface area contributed by atoms with Crippen molar-refractivity contribution in [2.45, 2.75) is 62.7 Å². The zero-order valence-corrected chi connectivity index (χ0v) is 37.2. The Balaban J connectivity index is 1.11. The topological polar surface area (TPSA) is 9.23 Å². The van der Waals surface area contributed by atoms with E-state index in [1.165, 1.54) is 66.0 Å². The minimum absolute atomic E-state index is 0.150. The zero-order valence-electron chi connectivity index (χ0n) is 35.2. The van der Waals surface area contributed by atoms with Gasteiger partial charge >= 0.3 is 0 Å². The van der Waals surface area contributed by atoms with E-state index in [9.17, 15) is 0 Å². The van der Waals surface area contributed by atoms with Crippen LogP contribution in [0.2, 0.25) is 26.2 Å². The van der Waals surface area contributed by atoms with Crippen molar-refractivity contribution >= 4 is 27.0 Å². The van der Waals surface area contributed by atoms with E-state index in [0.717, 1.165) is 6.42 Å². The maximum absolute atomic E-state index is 7.78. The fourth-order valence-electron chi connectivity index (χ4n) is 11.7. The van der Waals surface area contributed by atoms with Gasteiger partial charge in [0.05, 0.1) is 10.8 Å². The molecule has 0 aromatic heterocycles. The molecule has 0 aliphatic heterocycles. The maximum atomic E-state index is 7.78. The molecular weight excluding hydrogens is 745 g/mol. The van der Waals surface area contributed by atoms with Crippen LogP contribution in [-0.2, 0) is 20.4 Å². The molecule has 1 nitrogen and oxygen atoms in total. The Hall–Kier alpha value is -5.33. The first-order chi connectivity index (χ1) is 28.5. The largest absolute Gasteiger partial charge is 0.449 e. The lowest BCUT2D eigenvalue weighted by molar-refractivity contribution is 0.366. The molecule has 0 saturated carbocycles. The van der Waals surface area contributed by atoms with Crippen molar-refractivity contribution in [1.29, 1.82) is 0 Å². The van der Waals surface area contributed by atoms with Gasteiger partial charge in [0.15, 0.2) is 0 Å². The summed E-state index contributed by atoms with van der Waals surface area (Å²) in [6.07, 6.45) is 17.8. The smallest absolute Gasteiger partial charge is 0.206 e. The molecule has 0 N–H and O–H groups in total. The van der Waals surface area contributed by atoms with E-state index in [0.29, 0.717) is 5.92 Å². The molecule has 4 aliphatic rings.